The number of aromatic nitrogens is 1. The van der Waals surface area contributed by atoms with E-state index in [2.05, 4.69) is 16.4 Å². The zero-order chi connectivity index (χ0) is 11.3. The number of rotatable bonds is 4. The molecule has 0 spiro atoms. The van der Waals surface area contributed by atoms with E-state index < -0.39 is 5.97 Å². The predicted octanol–water partition coefficient (Wildman–Crippen LogP) is 1.06. The zero-order valence-electron chi connectivity index (χ0n) is 8.15. The quantitative estimate of drug-likeness (QED) is 0.438. The predicted molar refractivity (Wildman–Crippen MR) is 54.3 cm³/mol. The van der Waals surface area contributed by atoms with Crippen molar-refractivity contribution in [2.45, 2.75) is 6.92 Å². The van der Waals surface area contributed by atoms with Crippen LogP contribution in [0, 0.1) is 19.3 Å². The van der Waals surface area contributed by atoms with Crippen LogP contribution in [0.4, 0.5) is 5.82 Å². The Morgan fingerprint density at radius 2 is 2.47 bits per heavy atom. The number of terminal acetylenes is 1. The molecule has 0 unspecified atom stereocenters. The normalized spacial score (nSPS) is 9.33. The molecule has 5 nitrogen and oxygen atoms in total. The minimum absolute atomic E-state index is 0.113. The van der Waals surface area contributed by atoms with Gasteiger partial charge >= 0.3 is 5.97 Å². The smallest absolute Gasteiger partial charge is 0.337 e. The Hall–Kier alpha value is -2.06. The van der Waals surface area contributed by atoms with Gasteiger partial charge in [-0.1, -0.05) is 5.92 Å². The first-order valence-corrected chi connectivity index (χ1v) is 4.17. The van der Waals surface area contributed by atoms with E-state index in [1.165, 1.54) is 12.1 Å². The second kappa shape index (κ2) is 4.98. The molecule has 0 radical (unpaired) electrons. The Kier molecular flexibility index (Phi) is 3.66. The lowest BCUT2D eigenvalue weighted by atomic mass is 10.2. The van der Waals surface area contributed by atoms with Crippen LogP contribution in [0.5, 0.6) is 0 Å². The minimum atomic E-state index is -1.00. The molecule has 15 heavy (non-hydrogen) atoms. The van der Waals surface area contributed by atoms with E-state index >= 15 is 0 Å². The van der Waals surface area contributed by atoms with Gasteiger partial charge in [-0.15, -0.1) is 6.42 Å². The molecule has 0 bridgehead atoms. The molecule has 78 valence electrons. The van der Waals surface area contributed by atoms with Crippen molar-refractivity contribution in [3.05, 3.63) is 23.4 Å². The van der Waals surface area contributed by atoms with Crippen molar-refractivity contribution in [2.24, 2.45) is 0 Å². The van der Waals surface area contributed by atoms with E-state index in [1.807, 2.05) is 0 Å². The van der Waals surface area contributed by atoms with Crippen LogP contribution in [-0.4, -0.2) is 22.7 Å². The van der Waals surface area contributed by atoms with Crippen LogP contribution >= 0.6 is 0 Å². The number of hydrogen-bond acceptors (Lipinski definition) is 4. The summed E-state index contributed by atoms with van der Waals surface area (Å²) < 4.78 is 0. The van der Waals surface area contributed by atoms with Crippen molar-refractivity contribution in [3.63, 3.8) is 0 Å². The number of carboxylic acids is 1. The van der Waals surface area contributed by atoms with E-state index in [1.54, 1.807) is 6.92 Å². The van der Waals surface area contributed by atoms with E-state index in [0.717, 1.165) is 0 Å². The lowest BCUT2D eigenvalue weighted by Crippen LogP contribution is -2.07. The van der Waals surface area contributed by atoms with Crippen LogP contribution in [0.25, 0.3) is 0 Å². The highest BCUT2D eigenvalue weighted by molar-refractivity contribution is 5.88. The molecular weight excluding hydrogens is 196 g/mol. The summed E-state index contributed by atoms with van der Waals surface area (Å²) in [5.74, 6) is 1.70. The molecule has 1 rings (SSSR count). The standard InChI is InChI=1S/C10H10N2O3/c1-3-6-15-12-9-5-4-8(10(13)14)7(2)11-9/h1,4-5H,6H2,2H3,(H,11,12)(H,13,14). The number of carboxylic acid groups (broad SMARTS) is 1. The average Bonchev–Trinajstić information content (AvgIpc) is 2.17. The fourth-order valence-electron chi connectivity index (χ4n) is 0.996. The van der Waals surface area contributed by atoms with Gasteiger partial charge in [0, 0.05) is 0 Å². The van der Waals surface area contributed by atoms with Crippen LogP contribution in [0.15, 0.2) is 12.1 Å². The molecule has 5 heteroatoms. The van der Waals surface area contributed by atoms with Crippen LogP contribution < -0.4 is 5.48 Å². The maximum atomic E-state index is 10.7. The lowest BCUT2D eigenvalue weighted by molar-refractivity contribution is 0.0695. The first-order valence-electron chi connectivity index (χ1n) is 4.17. The highest BCUT2D eigenvalue weighted by Crippen LogP contribution is 2.10. The van der Waals surface area contributed by atoms with Crippen molar-refractivity contribution < 1.29 is 14.7 Å². The number of anilines is 1. The lowest BCUT2D eigenvalue weighted by Gasteiger charge is -2.05. The number of aromatic carboxylic acids is 1. The molecule has 0 aromatic carbocycles. The van der Waals surface area contributed by atoms with Crippen LogP contribution in [-0.2, 0) is 4.84 Å². The highest BCUT2D eigenvalue weighted by Gasteiger charge is 2.08. The Morgan fingerprint density at radius 1 is 1.73 bits per heavy atom. The third kappa shape index (κ3) is 2.97. The Labute approximate surface area is 87.0 Å². The Balaban J connectivity index is 2.74. The fraction of sp³-hybridized carbons (Fsp3) is 0.200. The summed E-state index contributed by atoms with van der Waals surface area (Å²) in [6.07, 6.45) is 4.97. The van der Waals surface area contributed by atoms with Crippen molar-refractivity contribution in [1.29, 1.82) is 0 Å². The van der Waals surface area contributed by atoms with Gasteiger partial charge in [-0.25, -0.2) is 15.3 Å². The van der Waals surface area contributed by atoms with E-state index in [9.17, 15) is 4.79 Å². The second-order valence-corrected chi connectivity index (χ2v) is 2.73. The van der Waals surface area contributed by atoms with Gasteiger partial charge in [-0.05, 0) is 19.1 Å². The molecule has 0 aliphatic heterocycles. The van der Waals surface area contributed by atoms with Crippen molar-refractivity contribution in [3.8, 4) is 12.3 Å². The Morgan fingerprint density at radius 3 is 3.00 bits per heavy atom. The monoisotopic (exact) mass is 206 g/mol. The first-order chi connectivity index (χ1) is 7.15. The summed E-state index contributed by atoms with van der Waals surface area (Å²) in [5.41, 5.74) is 3.08. The number of nitrogens with zero attached hydrogens (tertiary/aromatic N) is 1. The SMILES string of the molecule is C#CCONc1ccc(C(=O)O)c(C)n1. The Bertz CT molecular complexity index is 410. The summed E-state index contributed by atoms with van der Waals surface area (Å²) in [5, 5.41) is 8.75. The topological polar surface area (TPSA) is 71.5 Å². The number of carbonyl (C=O) groups is 1. The average molecular weight is 206 g/mol. The second-order valence-electron chi connectivity index (χ2n) is 2.73. The van der Waals surface area contributed by atoms with Crippen molar-refractivity contribution in [2.75, 3.05) is 12.1 Å². The summed E-state index contributed by atoms with van der Waals surface area (Å²) in [6, 6.07) is 2.96. The summed E-state index contributed by atoms with van der Waals surface area (Å²) in [6.45, 7) is 1.72. The number of pyridine rings is 1. The molecule has 0 fully saturated rings. The van der Waals surface area contributed by atoms with Gasteiger partial charge in [-0.3, -0.25) is 4.84 Å². The summed E-state index contributed by atoms with van der Waals surface area (Å²) >= 11 is 0. The summed E-state index contributed by atoms with van der Waals surface area (Å²) in [4.78, 5) is 19.5. The molecule has 1 aromatic rings. The van der Waals surface area contributed by atoms with Crippen LogP contribution in [0.3, 0.4) is 0 Å². The fourth-order valence-corrected chi connectivity index (χ4v) is 0.996. The number of aryl methyl sites for hydroxylation is 1. The third-order valence-electron chi connectivity index (χ3n) is 1.65. The van der Waals surface area contributed by atoms with Crippen LogP contribution in [0.2, 0.25) is 0 Å². The highest BCUT2D eigenvalue weighted by atomic mass is 16.6. The van der Waals surface area contributed by atoms with Gasteiger partial charge in [-0.2, -0.15) is 0 Å². The molecule has 0 saturated carbocycles. The molecule has 2 N–H and O–H groups in total. The number of hydrogen-bond donors (Lipinski definition) is 2. The molecule has 0 amide bonds. The van der Waals surface area contributed by atoms with Crippen molar-refractivity contribution in [1.82, 2.24) is 4.98 Å². The van der Waals surface area contributed by atoms with Gasteiger partial charge in [0.1, 0.15) is 12.4 Å². The summed E-state index contributed by atoms with van der Waals surface area (Å²) in [7, 11) is 0. The van der Waals surface area contributed by atoms with Gasteiger partial charge < -0.3 is 5.11 Å². The van der Waals surface area contributed by atoms with Gasteiger partial charge in [0.2, 0.25) is 0 Å². The van der Waals surface area contributed by atoms with Crippen molar-refractivity contribution >= 4 is 11.8 Å². The van der Waals surface area contributed by atoms with E-state index in [0.29, 0.717) is 11.5 Å². The molecule has 0 atom stereocenters. The van der Waals surface area contributed by atoms with Gasteiger partial charge in [0.15, 0.2) is 0 Å². The zero-order valence-corrected chi connectivity index (χ0v) is 8.15. The van der Waals surface area contributed by atoms with Gasteiger partial charge in [0.25, 0.3) is 0 Å². The molecule has 0 aliphatic rings. The maximum Gasteiger partial charge on any atom is 0.337 e. The largest absolute Gasteiger partial charge is 0.478 e. The molecule has 1 aromatic heterocycles. The van der Waals surface area contributed by atoms with Crippen LogP contribution in [0.1, 0.15) is 16.1 Å². The number of nitrogens with one attached hydrogen (secondary N) is 1. The van der Waals surface area contributed by atoms with E-state index in [-0.39, 0.29) is 12.2 Å². The minimum Gasteiger partial charge on any atom is -0.478 e. The van der Waals surface area contributed by atoms with E-state index in [4.69, 9.17) is 16.4 Å². The molecule has 0 saturated heterocycles. The first kappa shape index (κ1) is 11.0. The molecular formula is C10H10N2O3. The molecule has 0 aliphatic carbocycles. The molecule has 1 heterocycles. The van der Waals surface area contributed by atoms with Gasteiger partial charge in [0.05, 0.1) is 11.3 Å². The third-order valence-corrected chi connectivity index (χ3v) is 1.65. The maximum absolute atomic E-state index is 10.7.